The summed E-state index contributed by atoms with van der Waals surface area (Å²) >= 11 is 0. The zero-order valence-electron chi connectivity index (χ0n) is 42.8. The van der Waals surface area contributed by atoms with Crippen molar-refractivity contribution in [3.05, 3.63) is 33.9 Å². The first-order valence-electron chi connectivity index (χ1n) is 23.8. The molecule has 6 rings (SSSR count). The van der Waals surface area contributed by atoms with Gasteiger partial charge in [-0.05, 0) is 57.6 Å². The van der Waals surface area contributed by atoms with Crippen LogP contribution in [0.3, 0.4) is 0 Å². The lowest BCUT2D eigenvalue weighted by Crippen LogP contribution is -2.55. The van der Waals surface area contributed by atoms with Crippen molar-refractivity contribution in [1.29, 1.82) is 0 Å². The minimum Gasteiger partial charge on any atom is -0.469 e. The van der Waals surface area contributed by atoms with Gasteiger partial charge in [0.05, 0.1) is 84.9 Å². The molecular weight excluding hydrogens is 891 g/mol. The number of nitrogens with one attached hydrogen (secondary N) is 2. The highest BCUT2D eigenvalue weighted by molar-refractivity contribution is 6.12. The van der Waals surface area contributed by atoms with Crippen LogP contribution in [-0.4, -0.2) is 113 Å². The van der Waals surface area contributed by atoms with Crippen LogP contribution in [0.1, 0.15) is 126 Å². The molecule has 378 valence electrons. The minimum atomic E-state index is -1.36. The van der Waals surface area contributed by atoms with Gasteiger partial charge in [-0.2, -0.15) is 0 Å². The molecule has 0 spiro atoms. The fourth-order valence-corrected chi connectivity index (χ4v) is 12.7. The van der Waals surface area contributed by atoms with Gasteiger partial charge in [0.1, 0.15) is 0 Å². The van der Waals surface area contributed by atoms with E-state index in [0.717, 1.165) is 0 Å². The molecule has 0 saturated carbocycles. The number of nitrogens with zero attached hydrogens (tertiary/aromatic N) is 3. The molecule has 8 bridgehead atoms. The molecule has 9 atom stereocenters. The topological polar surface area (TPSA) is 236 Å². The quantitative estimate of drug-likeness (QED) is 0.145. The van der Waals surface area contributed by atoms with E-state index in [1.54, 1.807) is 0 Å². The van der Waals surface area contributed by atoms with Gasteiger partial charge >= 0.3 is 35.8 Å². The van der Waals surface area contributed by atoms with E-state index in [2.05, 4.69) is 10.6 Å². The van der Waals surface area contributed by atoms with Crippen molar-refractivity contribution in [2.24, 2.45) is 60.3 Å². The second-order valence-electron chi connectivity index (χ2n) is 20.9. The number of methoxy groups -OCH3 is 6. The largest absolute Gasteiger partial charge is 0.469 e. The summed E-state index contributed by atoms with van der Waals surface area (Å²) in [6.45, 7) is 15.7. The van der Waals surface area contributed by atoms with E-state index < -0.39 is 92.7 Å². The number of fused-ring (bicyclic) bond motifs is 6. The average Bonchev–Trinajstić information content (AvgIpc) is 3.90. The highest BCUT2D eigenvalue weighted by Gasteiger charge is 2.67. The molecule has 69 heavy (non-hydrogen) atoms. The van der Waals surface area contributed by atoms with Crippen molar-refractivity contribution in [2.45, 2.75) is 138 Å². The number of carbonyl (C=O) groups excluding carboxylic acids is 7. The van der Waals surface area contributed by atoms with Crippen molar-refractivity contribution >= 4 is 58.9 Å². The molecule has 18 heteroatoms. The van der Waals surface area contributed by atoms with Crippen molar-refractivity contribution in [2.75, 3.05) is 42.7 Å². The standard InChI is InChI=1S/C51H71N5O13/c1-26-39-28(16-19-33(58)64-9)47(3,4)46(53-39)42-41-29(15-18-32(57)52-42)49(6,24-37(62)68-13)44(54-41)27(2)40-30(17-20-34(59)65-10)50(7,25-38(63)69-14)51(8,56-40)45-31(23-36(61)67-12)48(5,43(26)55-45)22-21-35(60)66-11/h28-31,45,54H,15-25H2,1-14H3,(H,52,57)/b39-26-,44-27-/t28-,29-,30-,31+,45?,48-,49+,50+,51+/m1/s1. The van der Waals surface area contributed by atoms with Crippen molar-refractivity contribution in [3.8, 4) is 0 Å². The van der Waals surface area contributed by atoms with Gasteiger partial charge in [-0.15, -0.1) is 0 Å². The second kappa shape index (κ2) is 19.6. The van der Waals surface area contributed by atoms with Gasteiger partial charge in [0, 0.05) is 99.5 Å². The summed E-state index contributed by atoms with van der Waals surface area (Å²) in [5.41, 5.74) is -0.234. The lowest BCUT2D eigenvalue weighted by molar-refractivity contribution is -0.147. The fourth-order valence-electron chi connectivity index (χ4n) is 12.7. The van der Waals surface area contributed by atoms with Gasteiger partial charge in [-0.1, -0.05) is 34.6 Å². The first-order chi connectivity index (χ1) is 32.4. The molecule has 1 amide bonds. The average molecular weight is 962 g/mol. The monoisotopic (exact) mass is 962 g/mol. The number of esters is 6. The van der Waals surface area contributed by atoms with Crippen LogP contribution in [-0.2, 0) is 62.0 Å². The maximum Gasteiger partial charge on any atom is 0.306 e. The summed E-state index contributed by atoms with van der Waals surface area (Å²) in [6.07, 6.45) is 0.652. The maximum absolute atomic E-state index is 14.0. The van der Waals surface area contributed by atoms with E-state index in [9.17, 15) is 33.6 Å². The summed E-state index contributed by atoms with van der Waals surface area (Å²) in [5, 5.41) is 6.99. The molecule has 6 aliphatic rings. The number of ether oxygens (including phenoxy) is 6. The van der Waals surface area contributed by atoms with Crippen LogP contribution in [0, 0.1) is 45.3 Å². The molecule has 1 saturated heterocycles. The third-order valence-corrected chi connectivity index (χ3v) is 17.0. The van der Waals surface area contributed by atoms with Crippen molar-refractivity contribution in [1.82, 2.24) is 10.6 Å². The van der Waals surface area contributed by atoms with Crippen molar-refractivity contribution in [3.63, 3.8) is 0 Å². The van der Waals surface area contributed by atoms with Crippen LogP contribution < -0.4 is 10.6 Å². The molecule has 0 aromatic heterocycles. The number of allylic oxidation sites excluding steroid dienone is 6. The number of aliphatic imine (C=N–C) groups is 3. The normalized spacial score (nSPS) is 34.1. The smallest absolute Gasteiger partial charge is 0.306 e. The molecule has 1 unspecified atom stereocenters. The highest BCUT2D eigenvalue weighted by Crippen LogP contribution is 2.63. The molecule has 0 aliphatic carbocycles. The molecule has 1 fully saturated rings. The minimum absolute atomic E-state index is 0.0405. The molecule has 0 aromatic rings. The van der Waals surface area contributed by atoms with Crippen LogP contribution in [0.15, 0.2) is 48.9 Å². The maximum atomic E-state index is 14.0. The summed E-state index contributed by atoms with van der Waals surface area (Å²) in [4.78, 5) is 112. The number of rotatable bonds is 15. The third kappa shape index (κ3) is 8.93. The summed E-state index contributed by atoms with van der Waals surface area (Å²) in [5.74, 6) is -5.43. The van der Waals surface area contributed by atoms with E-state index in [-0.39, 0.29) is 63.7 Å². The zero-order valence-corrected chi connectivity index (χ0v) is 42.8. The highest BCUT2D eigenvalue weighted by atomic mass is 16.5. The van der Waals surface area contributed by atoms with Crippen LogP contribution in [0.2, 0.25) is 0 Å². The van der Waals surface area contributed by atoms with Gasteiger partial charge in [0.25, 0.3) is 0 Å². The first kappa shape index (κ1) is 52.7. The summed E-state index contributed by atoms with van der Waals surface area (Å²) < 4.78 is 31.7. The molecule has 0 radical (unpaired) electrons. The molecule has 6 heterocycles. The van der Waals surface area contributed by atoms with E-state index in [1.165, 1.54) is 42.7 Å². The van der Waals surface area contributed by atoms with Crippen LogP contribution in [0.5, 0.6) is 0 Å². The predicted octanol–water partition coefficient (Wildman–Crippen LogP) is 5.82. The SMILES string of the molecule is COC(=O)CC[C@@H]1/C2=C(\C)C3=NC([C@H](CC(=O)OC)[C@@]3(C)CCC(=O)OC)[C@]3(C)N=C(/C(C)=C4\NC5=C(NC(=O)CC[C@H]5[C@]4(C)CC(=O)OC)C(=N2)C1(C)C)[C@@H](CCC(=O)OC)[C@]3(C)CC(=O)OC. The Hall–Kier alpha value is -5.68. The Kier molecular flexibility index (Phi) is 15.0. The molecule has 2 N–H and O–H groups in total. The summed E-state index contributed by atoms with van der Waals surface area (Å²) in [6, 6.07) is -0.886. The number of hydrogen-bond donors (Lipinski definition) is 2. The Morgan fingerprint density at radius 3 is 1.78 bits per heavy atom. The van der Waals surface area contributed by atoms with Gasteiger partial charge in [0.15, 0.2) is 0 Å². The second-order valence-corrected chi connectivity index (χ2v) is 20.9. The van der Waals surface area contributed by atoms with Gasteiger partial charge < -0.3 is 39.1 Å². The molecule has 6 aliphatic heterocycles. The lowest BCUT2D eigenvalue weighted by atomic mass is 9.55. The number of carbonyl (C=O) groups is 7. The molecule has 0 aromatic carbocycles. The van der Waals surface area contributed by atoms with Crippen LogP contribution in [0.4, 0.5) is 0 Å². The summed E-state index contributed by atoms with van der Waals surface area (Å²) in [7, 11) is 7.91. The van der Waals surface area contributed by atoms with Crippen LogP contribution >= 0.6 is 0 Å². The fraction of sp³-hybridized carbons (Fsp3) is 0.686. The number of amides is 1. The van der Waals surface area contributed by atoms with E-state index >= 15 is 0 Å². The Bertz CT molecular complexity index is 2390. The molecule has 18 nitrogen and oxygen atoms in total. The van der Waals surface area contributed by atoms with E-state index in [4.69, 9.17) is 43.4 Å². The van der Waals surface area contributed by atoms with Crippen molar-refractivity contribution < 1.29 is 62.0 Å². The Morgan fingerprint density at radius 2 is 1.20 bits per heavy atom. The third-order valence-electron chi connectivity index (χ3n) is 17.0. The Balaban J connectivity index is 1.84. The number of hydrogen-bond acceptors (Lipinski definition) is 17. The van der Waals surface area contributed by atoms with Gasteiger partial charge in [-0.25, -0.2) is 0 Å². The lowest BCUT2D eigenvalue weighted by Gasteiger charge is -2.48. The first-order valence-corrected chi connectivity index (χ1v) is 23.8. The molecular formula is C51H71N5O13. The Morgan fingerprint density at radius 1 is 0.652 bits per heavy atom. The van der Waals surface area contributed by atoms with E-state index in [1.807, 2.05) is 55.4 Å². The predicted molar refractivity (Wildman–Crippen MR) is 253 cm³/mol. The zero-order chi connectivity index (χ0) is 51.2. The van der Waals surface area contributed by atoms with E-state index in [0.29, 0.717) is 63.9 Å². The van der Waals surface area contributed by atoms with Crippen LogP contribution in [0.25, 0.3) is 0 Å². The Labute approximate surface area is 404 Å². The van der Waals surface area contributed by atoms with Gasteiger partial charge in [0.2, 0.25) is 5.91 Å². The van der Waals surface area contributed by atoms with Gasteiger partial charge in [-0.3, -0.25) is 48.5 Å².